The fourth-order valence-corrected chi connectivity index (χ4v) is 5.78. The van der Waals surface area contributed by atoms with E-state index >= 15 is 4.39 Å². The van der Waals surface area contributed by atoms with Crippen LogP contribution in [0.15, 0.2) is 71.3 Å². The first-order valence-corrected chi connectivity index (χ1v) is 10.3. The average molecular weight is 422 g/mol. The summed E-state index contributed by atoms with van der Waals surface area (Å²) in [5, 5.41) is 0. The number of alkyl halides is 1. The van der Waals surface area contributed by atoms with Gasteiger partial charge in [0.15, 0.2) is 5.67 Å². The second-order valence-corrected chi connectivity index (χ2v) is 8.89. The number of hydrogen-bond acceptors (Lipinski definition) is 1. The number of aromatic nitrogens is 1. The second-order valence-electron chi connectivity index (χ2n) is 7.98. The number of aryl methyl sites for hydroxylation is 1. The average Bonchev–Trinajstić information content (AvgIpc) is 3.10. The van der Waals surface area contributed by atoms with Crippen molar-refractivity contribution in [2.24, 2.45) is 0 Å². The Morgan fingerprint density at radius 3 is 2.56 bits per heavy atom. The van der Waals surface area contributed by atoms with Crippen molar-refractivity contribution in [2.75, 3.05) is 0 Å². The van der Waals surface area contributed by atoms with Crippen LogP contribution in [-0.4, -0.2) is 4.98 Å². The second kappa shape index (κ2) is 6.00. The standard InChI is InChI=1S/C24H21BrFN/c1-16-13-18-14-23(19-7-9-20(25)10-8-19)21(17-5-3-2-4-6-17)11-12-24(23,26)22(18)27-15-16/h2-10,13,15,21H,11-12,14H2,1H3. The van der Waals surface area contributed by atoms with E-state index in [2.05, 4.69) is 63.4 Å². The highest BCUT2D eigenvalue weighted by molar-refractivity contribution is 9.10. The van der Waals surface area contributed by atoms with Gasteiger partial charge < -0.3 is 0 Å². The zero-order valence-corrected chi connectivity index (χ0v) is 16.8. The van der Waals surface area contributed by atoms with E-state index in [1.54, 1.807) is 0 Å². The molecule has 0 saturated heterocycles. The van der Waals surface area contributed by atoms with Gasteiger partial charge in [-0.1, -0.05) is 64.5 Å². The summed E-state index contributed by atoms with van der Waals surface area (Å²) in [5.41, 5.74) is 3.11. The number of fused-ring (bicyclic) bond motifs is 3. The predicted molar refractivity (Wildman–Crippen MR) is 110 cm³/mol. The van der Waals surface area contributed by atoms with Crippen LogP contribution in [0.25, 0.3) is 0 Å². The van der Waals surface area contributed by atoms with Gasteiger partial charge in [0.25, 0.3) is 0 Å². The molecule has 0 bridgehead atoms. The highest BCUT2D eigenvalue weighted by Gasteiger charge is 2.67. The van der Waals surface area contributed by atoms with E-state index in [0.717, 1.165) is 27.6 Å². The van der Waals surface area contributed by atoms with Gasteiger partial charge in [0.1, 0.15) is 0 Å². The lowest BCUT2D eigenvalue weighted by Crippen LogP contribution is -2.42. The molecule has 2 aliphatic carbocycles. The molecule has 3 aromatic rings. The number of rotatable bonds is 2. The van der Waals surface area contributed by atoms with Gasteiger partial charge in [-0.15, -0.1) is 0 Å². The van der Waals surface area contributed by atoms with Gasteiger partial charge >= 0.3 is 0 Å². The number of hydrogen-bond donors (Lipinski definition) is 0. The van der Waals surface area contributed by atoms with Crippen LogP contribution < -0.4 is 0 Å². The molecule has 2 aliphatic rings. The van der Waals surface area contributed by atoms with Crippen molar-refractivity contribution in [1.82, 2.24) is 4.98 Å². The van der Waals surface area contributed by atoms with Crippen LogP contribution in [0.3, 0.4) is 0 Å². The molecule has 0 spiro atoms. The molecule has 0 amide bonds. The van der Waals surface area contributed by atoms with Crippen LogP contribution in [0.2, 0.25) is 0 Å². The third-order valence-corrected chi connectivity index (χ3v) is 7.12. The maximum atomic E-state index is 16.9. The quantitative estimate of drug-likeness (QED) is 0.467. The van der Waals surface area contributed by atoms with E-state index in [0.29, 0.717) is 18.5 Å². The van der Waals surface area contributed by atoms with E-state index in [9.17, 15) is 0 Å². The van der Waals surface area contributed by atoms with Crippen LogP contribution in [0.1, 0.15) is 46.7 Å². The van der Waals surface area contributed by atoms with Crippen LogP contribution in [-0.2, 0) is 17.5 Å². The summed E-state index contributed by atoms with van der Waals surface area (Å²) < 4.78 is 17.9. The first-order chi connectivity index (χ1) is 13.0. The lowest BCUT2D eigenvalue weighted by molar-refractivity contribution is 0.0826. The molecule has 0 N–H and O–H groups in total. The Kier molecular flexibility index (Phi) is 3.80. The van der Waals surface area contributed by atoms with E-state index in [1.165, 1.54) is 5.56 Å². The summed E-state index contributed by atoms with van der Waals surface area (Å²) in [6.07, 6.45) is 3.87. The Morgan fingerprint density at radius 1 is 1.07 bits per heavy atom. The molecule has 3 unspecified atom stereocenters. The fourth-order valence-electron chi connectivity index (χ4n) is 5.52. The largest absolute Gasteiger partial charge is 0.257 e. The minimum absolute atomic E-state index is 0.138. The first-order valence-electron chi connectivity index (χ1n) is 9.50. The molecule has 0 aliphatic heterocycles. The topological polar surface area (TPSA) is 12.9 Å². The van der Waals surface area contributed by atoms with Crippen molar-refractivity contribution < 1.29 is 4.39 Å². The molecule has 2 aromatic carbocycles. The minimum Gasteiger partial charge on any atom is -0.257 e. The molecule has 3 heteroatoms. The van der Waals surface area contributed by atoms with Crippen molar-refractivity contribution in [3.8, 4) is 0 Å². The third kappa shape index (κ3) is 2.30. The Morgan fingerprint density at radius 2 is 1.81 bits per heavy atom. The highest BCUT2D eigenvalue weighted by atomic mass is 79.9. The van der Waals surface area contributed by atoms with E-state index in [4.69, 9.17) is 0 Å². The number of nitrogens with zero attached hydrogens (tertiary/aromatic N) is 1. The van der Waals surface area contributed by atoms with Gasteiger partial charge in [-0.05, 0) is 66.5 Å². The van der Waals surface area contributed by atoms with E-state index in [-0.39, 0.29) is 5.92 Å². The van der Waals surface area contributed by atoms with Gasteiger partial charge in [0.05, 0.1) is 5.69 Å². The van der Waals surface area contributed by atoms with Crippen LogP contribution >= 0.6 is 15.9 Å². The van der Waals surface area contributed by atoms with Gasteiger partial charge in [0.2, 0.25) is 0 Å². The lowest BCUT2D eigenvalue weighted by atomic mass is 9.64. The maximum absolute atomic E-state index is 16.9. The number of pyridine rings is 1. The van der Waals surface area contributed by atoms with E-state index in [1.807, 2.05) is 31.3 Å². The van der Waals surface area contributed by atoms with Crippen molar-refractivity contribution in [2.45, 2.75) is 43.2 Å². The fraction of sp³-hybridized carbons (Fsp3) is 0.292. The number of halogens is 2. The zero-order valence-electron chi connectivity index (χ0n) is 15.3. The van der Waals surface area contributed by atoms with Crippen molar-refractivity contribution in [3.05, 3.63) is 99.3 Å². The monoisotopic (exact) mass is 421 g/mol. The van der Waals surface area contributed by atoms with Crippen molar-refractivity contribution in [1.29, 1.82) is 0 Å². The SMILES string of the molecule is Cc1cnc2c(c1)CC1(c3ccc(Br)cc3)C(c3ccccc3)CCC21F. The van der Waals surface area contributed by atoms with Gasteiger partial charge in [-0.3, -0.25) is 4.98 Å². The molecule has 5 rings (SSSR count). The van der Waals surface area contributed by atoms with Crippen LogP contribution in [0.4, 0.5) is 4.39 Å². The normalized spacial score (nSPS) is 28.8. The molecule has 27 heavy (non-hydrogen) atoms. The van der Waals surface area contributed by atoms with Gasteiger partial charge in [-0.25, -0.2) is 4.39 Å². The Labute approximate surface area is 167 Å². The smallest absolute Gasteiger partial charge is 0.163 e. The number of benzene rings is 2. The Hall–Kier alpha value is -2.00. The predicted octanol–water partition coefficient (Wildman–Crippen LogP) is 6.39. The van der Waals surface area contributed by atoms with E-state index < -0.39 is 11.1 Å². The summed E-state index contributed by atoms with van der Waals surface area (Å²) in [6, 6.07) is 20.8. The molecule has 0 radical (unpaired) electrons. The van der Waals surface area contributed by atoms with Crippen molar-refractivity contribution in [3.63, 3.8) is 0 Å². The summed E-state index contributed by atoms with van der Waals surface area (Å²) in [5.74, 6) is 0.138. The van der Waals surface area contributed by atoms with Gasteiger partial charge in [0, 0.05) is 16.1 Å². The summed E-state index contributed by atoms with van der Waals surface area (Å²) in [6.45, 7) is 2.03. The summed E-state index contributed by atoms with van der Waals surface area (Å²) in [4.78, 5) is 4.61. The first kappa shape index (κ1) is 17.1. The zero-order chi connectivity index (χ0) is 18.6. The van der Waals surface area contributed by atoms with Crippen LogP contribution in [0.5, 0.6) is 0 Å². The molecule has 1 aromatic heterocycles. The third-order valence-electron chi connectivity index (χ3n) is 6.59. The van der Waals surface area contributed by atoms with Crippen LogP contribution in [0, 0.1) is 6.92 Å². The summed E-state index contributed by atoms with van der Waals surface area (Å²) >= 11 is 3.53. The Bertz CT molecular complexity index is 1000. The molecule has 1 fully saturated rings. The Balaban J connectivity index is 1.77. The minimum atomic E-state index is -1.43. The molecule has 3 atom stereocenters. The molecular weight excluding hydrogens is 401 g/mol. The van der Waals surface area contributed by atoms with Gasteiger partial charge in [-0.2, -0.15) is 0 Å². The molecular formula is C24H21BrFN. The molecule has 1 nitrogen and oxygen atoms in total. The summed E-state index contributed by atoms with van der Waals surface area (Å²) in [7, 11) is 0. The van der Waals surface area contributed by atoms with Crippen molar-refractivity contribution >= 4 is 15.9 Å². The molecule has 136 valence electrons. The highest BCUT2D eigenvalue weighted by Crippen LogP contribution is 2.67. The lowest BCUT2D eigenvalue weighted by Gasteiger charge is -2.40. The molecule has 1 heterocycles. The molecule has 1 saturated carbocycles. The maximum Gasteiger partial charge on any atom is 0.163 e.